The number of pyridine rings is 1. The molecule has 1 N–H and O–H groups in total. The van der Waals surface area contributed by atoms with Crippen LogP contribution in [0.1, 0.15) is 24.1 Å². The van der Waals surface area contributed by atoms with E-state index in [0.29, 0.717) is 5.56 Å². The summed E-state index contributed by atoms with van der Waals surface area (Å²) in [7, 11) is -3.16. The zero-order valence-electron chi connectivity index (χ0n) is 12.8. The third-order valence-electron chi connectivity index (χ3n) is 3.30. The second-order valence-electron chi connectivity index (χ2n) is 5.55. The van der Waals surface area contributed by atoms with Gasteiger partial charge >= 0.3 is 0 Å². The molecule has 0 unspecified atom stereocenters. The van der Waals surface area contributed by atoms with Gasteiger partial charge in [0.2, 0.25) is 0 Å². The van der Waals surface area contributed by atoms with Crippen molar-refractivity contribution in [2.45, 2.75) is 19.0 Å². The molecule has 124 valence electrons. The van der Waals surface area contributed by atoms with E-state index in [0.717, 1.165) is 24.0 Å². The molecule has 0 fully saturated rings. The Morgan fingerprint density at radius 3 is 2.48 bits per heavy atom. The number of sulfone groups is 1. The SMILES string of the molecule is C[C@@H](CS(C)(=O)=O)N[C@H](c1cccnc1)c1ccc(F)c(F)c1. The molecule has 4 nitrogen and oxygen atoms in total. The van der Waals surface area contributed by atoms with E-state index in [1.807, 2.05) is 0 Å². The average molecular weight is 340 g/mol. The summed E-state index contributed by atoms with van der Waals surface area (Å²) in [5, 5.41) is 3.14. The zero-order valence-corrected chi connectivity index (χ0v) is 13.6. The third kappa shape index (κ3) is 5.07. The van der Waals surface area contributed by atoms with Gasteiger partial charge in [0.05, 0.1) is 11.8 Å². The molecule has 0 spiro atoms. The quantitative estimate of drug-likeness (QED) is 0.878. The van der Waals surface area contributed by atoms with Gasteiger partial charge in [0, 0.05) is 24.7 Å². The summed E-state index contributed by atoms with van der Waals surface area (Å²) in [5.74, 6) is -1.94. The van der Waals surface area contributed by atoms with Gasteiger partial charge in [0.15, 0.2) is 11.6 Å². The molecule has 0 aliphatic carbocycles. The van der Waals surface area contributed by atoms with E-state index in [4.69, 9.17) is 0 Å². The van der Waals surface area contributed by atoms with Crippen molar-refractivity contribution < 1.29 is 17.2 Å². The van der Waals surface area contributed by atoms with E-state index in [-0.39, 0.29) is 11.8 Å². The van der Waals surface area contributed by atoms with E-state index in [9.17, 15) is 17.2 Å². The van der Waals surface area contributed by atoms with Crippen molar-refractivity contribution in [2.24, 2.45) is 0 Å². The maximum absolute atomic E-state index is 13.5. The van der Waals surface area contributed by atoms with Crippen LogP contribution >= 0.6 is 0 Å². The first-order valence-corrected chi connectivity index (χ1v) is 9.11. The van der Waals surface area contributed by atoms with Crippen molar-refractivity contribution in [2.75, 3.05) is 12.0 Å². The molecular formula is C16H18F2N2O2S. The van der Waals surface area contributed by atoms with Crippen LogP contribution in [0.15, 0.2) is 42.7 Å². The molecule has 1 aromatic heterocycles. The minimum atomic E-state index is -3.16. The summed E-state index contributed by atoms with van der Waals surface area (Å²) in [6, 6.07) is 6.28. The highest BCUT2D eigenvalue weighted by Gasteiger charge is 2.20. The minimum Gasteiger partial charge on any atom is -0.303 e. The smallest absolute Gasteiger partial charge is 0.159 e. The van der Waals surface area contributed by atoms with E-state index in [1.165, 1.54) is 6.07 Å². The number of hydrogen-bond donors (Lipinski definition) is 1. The van der Waals surface area contributed by atoms with Gasteiger partial charge in [-0.1, -0.05) is 12.1 Å². The fourth-order valence-electron chi connectivity index (χ4n) is 2.41. The van der Waals surface area contributed by atoms with Crippen LogP contribution in [-0.4, -0.2) is 31.5 Å². The third-order valence-corrected chi connectivity index (χ3v) is 4.40. The molecule has 2 atom stereocenters. The lowest BCUT2D eigenvalue weighted by molar-refractivity contribution is 0.494. The summed E-state index contributed by atoms with van der Waals surface area (Å²) in [5.41, 5.74) is 1.23. The second kappa shape index (κ2) is 7.14. The first-order valence-electron chi connectivity index (χ1n) is 7.05. The Labute approximate surface area is 134 Å². The van der Waals surface area contributed by atoms with Crippen LogP contribution in [0.4, 0.5) is 8.78 Å². The molecule has 7 heteroatoms. The second-order valence-corrected chi connectivity index (χ2v) is 7.74. The predicted molar refractivity (Wildman–Crippen MR) is 84.7 cm³/mol. The Kier molecular flexibility index (Phi) is 5.43. The van der Waals surface area contributed by atoms with E-state index < -0.39 is 27.5 Å². The maximum Gasteiger partial charge on any atom is 0.159 e. The lowest BCUT2D eigenvalue weighted by Gasteiger charge is -2.24. The number of hydrogen-bond acceptors (Lipinski definition) is 4. The van der Waals surface area contributed by atoms with Crippen LogP contribution < -0.4 is 5.32 Å². The number of halogens is 2. The number of aromatic nitrogens is 1. The first-order chi connectivity index (χ1) is 10.8. The minimum absolute atomic E-state index is 0.0621. The van der Waals surface area contributed by atoms with Crippen LogP contribution in [0.25, 0.3) is 0 Å². The van der Waals surface area contributed by atoms with Crippen molar-refractivity contribution in [1.29, 1.82) is 0 Å². The largest absolute Gasteiger partial charge is 0.303 e. The summed E-state index contributed by atoms with van der Waals surface area (Å²) < 4.78 is 49.6. The summed E-state index contributed by atoms with van der Waals surface area (Å²) >= 11 is 0. The molecule has 1 aromatic carbocycles. The summed E-state index contributed by atoms with van der Waals surface area (Å²) in [4.78, 5) is 4.03. The molecule has 23 heavy (non-hydrogen) atoms. The maximum atomic E-state index is 13.5. The average Bonchev–Trinajstić information content (AvgIpc) is 2.47. The molecule has 0 bridgehead atoms. The van der Waals surface area contributed by atoms with Gasteiger partial charge < -0.3 is 5.32 Å². The van der Waals surface area contributed by atoms with Crippen LogP contribution in [-0.2, 0) is 9.84 Å². The molecule has 2 rings (SSSR count). The first kappa shape index (κ1) is 17.5. The Balaban J connectivity index is 2.34. The Bertz CT molecular complexity index is 767. The Hall–Kier alpha value is -1.86. The monoisotopic (exact) mass is 340 g/mol. The van der Waals surface area contributed by atoms with Crippen molar-refractivity contribution in [3.8, 4) is 0 Å². The lowest BCUT2D eigenvalue weighted by atomic mass is 9.99. The van der Waals surface area contributed by atoms with E-state index in [1.54, 1.807) is 31.5 Å². The lowest BCUT2D eigenvalue weighted by Crippen LogP contribution is -2.36. The topological polar surface area (TPSA) is 59.1 Å². The van der Waals surface area contributed by atoms with E-state index in [2.05, 4.69) is 10.3 Å². The molecule has 1 heterocycles. The summed E-state index contributed by atoms with van der Waals surface area (Å²) in [6.07, 6.45) is 4.36. The molecule has 0 saturated heterocycles. The number of nitrogens with one attached hydrogen (secondary N) is 1. The van der Waals surface area contributed by atoms with Crippen LogP contribution in [0.3, 0.4) is 0 Å². The molecule has 0 radical (unpaired) electrons. The molecule has 2 aromatic rings. The molecule has 0 aliphatic rings. The highest BCUT2D eigenvalue weighted by molar-refractivity contribution is 7.90. The molecule has 0 amide bonds. The van der Waals surface area contributed by atoms with Gasteiger partial charge in [0.25, 0.3) is 0 Å². The highest BCUT2D eigenvalue weighted by Crippen LogP contribution is 2.23. The van der Waals surface area contributed by atoms with Crippen LogP contribution in [0, 0.1) is 11.6 Å². The van der Waals surface area contributed by atoms with Gasteiger partial charge in [-0.15, -0.1) is 0 Å². The fraction of sp³-hybridized carbons (Fsp3) is 0.312. The van der Waals surface area contributed by atoms with Crippen LogP contribution in [0.5, 0.6) is 0 Å². The normalized spacial score (nSPS) is 14.4. The highest BCUT2D eigenvalue weighted by atomic mass is 32.2. The predicted octanol–water partition coefficient (Wildman–Crippen LogP) is 2.47. The molecule has 0 saturated carbocycles. The van der Waals surface area contributed by atoms with Crippen molar-refractivity contribution >= 4 is 9.84 Å². The van der Waals surface area contributed by atoms with Crippen molar-refractivity contribution in [3.05, 3.63) is 65.5 Å². The standard InChI is InChI=1S/C16H18F2N2O2S/c1-11(10-23(2,21)22)20-16(13-4-3-7-19-9-13)12-5-6-14(17)15(18)8-12/h3-9,11,16,20H,10H2,1-2H3/t11-,16-/m0/s1. The van der Waals surface area contributed by atoms with Gasteiger partial charge in [-0.05, 0) is 36.2 Å². The fourth-order valence-corrected chi connectivity index (χ4v) is 3.41. The number of benzene rings is 1. The number of rotatable bonds is 6. The van der Waals surface area contributed by atoms with Gasteiger partial charge in [0.1, 0.15) is 9.84 Å². The zero-order chi connectivity index (χ0) is 17.0. The van der Waals surface area contributed by atoms with Crippen molar-refractivity contribution in [1.82, 2.24) is 10.3 Å². The van der Waals surface area contributed by atoms with Crippen molar-refractivity contribution in [3.63, 3.8) is 0 Å². The summed E-state index contributed by atoms with van der Waals surface area (Å²) in [6.45, 7) is 1.73. The van der Waals surface area contributed by atoms with Gasteiger partial charge in [-0.25, -0.2) is 17.2 Å². The van der Waals surface area contributed by atoms with E-state index >= 15 is 0 Å². The van der Waals surface area contributed by atoms with Gasteiger partial charge in [-0.3, -0.25) is 4.98 Å². The Morgan fingerprint density at radius 2 is 1.91 bits per heavy atom. The van der Waals surface area contributed by atoms with Gasteiger partial charge in [-0.2, -0.15) is 0 Å². The Morgan fingerprint density at radius 1 is 1.17 bits per heavy atom. The molecule has 0 aliphatic heterocycles. The van der Waals surface area contributed by atoms with Crippen LogP contribution in [0.2, 0.25) is 0 Å². The molecular weight excluding hydrogens is 322 g/mol. The number of nitrogens with zero attached hydrogens (tertiary/aromatic N) is 1.